The fourth-order valence-electron chi connectivity index (χ4n) is 3.10. The number of nitrogens with one attached hydrogen (secondary N) is 2. The minimum absolute atomic E-state index is 0.0743. The third-order valence-electron chi connectivity index (χ3n) is 4.52. The predicted octanol–water partition coefficient (Wildman–Crippen LogP) is 1.15. The van der Waals surface area contributed by atoms with Gasteiger partial charge in [0.2, 0.25) is 11.8 Å². The Labute approximate surface area is 210 Å². The standard InChI is InChI=1S/C23H35N3O8S/c1-5-33-18(29)10-11-24-20(30)19(15-8-6-7-9-17(15)28)26(12-13-27)21(31)16(14-35)25-22(32)34-23(2,3)4/h6-9,16,19,27-28,35H,5,10-14H2,1-4H3,(H,24,30)(H,25,32). The van der Waals surface area contributed by atoms with Gasteiger partial charge in [-0.05, 0) is 33.8 Å². The summed E-state index contributed by atoms with van der Waals surface area (Å²) in [6, 6.07) is 3.36. The van der Waals surface area contributed by atoms with Gasteiger partial charge in [-0.15, -0.1) is 0 Å². The van der Waals surface area contributed by atoms with Crippen molar-refractivity contribution in [3.05, 3.63) is 29.8 Å². The van der Waals surface area contributed by atoms with Gasteiger partial charge in [-0.25, -0.2) is 4.79 Å². The predicted molar refractivity (Wildman–Crippen MR) is 131 cm³/mol. The molecule has 4 N–H and O–H groups in total. The number of amides is 3. The van der Waals surface area contributed by atoms with Crippen LogP contribution < -0.4 is 10.6 Å². The van der Waals surface area contributed by atoms with Gasteiger partial charge in [-0.2, -0.15) is 12.6 Å². The summed E-state index contributed by atoms with van der Waals surface area (Å²) in [4.78, 5) is 51.5. The second-order valence-electron chi connectivity index (χ2n) is 8.44. The SMILES string of the molecule is CCOC(=O)CCNC(=O)C(c1ccccc1O)N(CCO)C(=O)C(CS)NC(=O)OC(C)(C)C. The first-order valence-electron chi connectivity index (χ1n) is 11.2. The second kappa shape index (κ2) is 14.4. The number of nitrogens with zero attached hydrogens (tertiary/aromatic N) is 1. The summed E-state index contributed by atoms with van der Waals surface area (Å²) in [7, 11) is 0. The van der Waals surface area contributed by atoms with Crippen LogP contribution in [0.25, 0.3) is 0 Å². The average Bonchev–Trinajstić information content (AvgIpc) is 2.76. The molecule has 0 heterocycles. The van der Waals surface area contributed by atoms with Crippen molar-refractivity contribution >= 4 is 36.5 Å². The highest BCUT2D eigenvalue weighted by Gasteiger charge is 2.36. The molecule has 0 saturated heterocycles. The molecule has 0 saturated carbocycles. The number of alkyl carbamates (subject to hydrolysis) is 1. The largest absolute Gasteiger partial charge is 0.508 e. The molecular weight excluding hydrogens is 478 g/mol. The average molecular weight is 514 g/mol. The first-order chi connectivity index (χ1) is 16.4. The second-order valence-corrected chi connectivity index (χ2v) is 8.81. The van der Waals surface area contributed by atoms with E-state index in [-0.39, 0.29) is 43.2 Å². The molecule has 11 nitrogen and oxygen atoms in total. The van der Waals surface area contributed by atoms with Crippen molar-refractivity contribution in [1.29, 1.82) is 0 Å². The van der Waals surface area contributed by atoms with Gasteiger partial charge in [-0.3, -0.25) is 14.4 Å². The van der Waals surface area contributed by atoms with Gasteiger partial charge in [0.1, 0.15) is 23.4 Å². The fourth-order valence-corrected chi connectivity index (χ4v) is 3.34. The van der Waals surface area contributed by atoms with Gasteiger partial charge in [0, 0.05) is 24.4 Å². The number of esters is 1. The minimum atomic E-state index is -1.37. The van der Waals surface area contributed by atoms with Gasteiger partial charge in [0.15, 0.2) is 0 Å². The van der Waals surface area contributed by atoms with Crippen LogP contribution in [-0.2, 0) is 23.9 Å². The molecule has 0 radical (unpaired) electrons. The Balaban J connectivity index is 3.24. The maximum atomic E-state index is 13.4. The highest BCUT2D eigenvalue weighted by molar-refractivity contribution is 7.80. The summed E-state index contributed by atoms with van der Waals surface area (Å²) in [5.41, 5.74) is -0.714. The van der Waals surface area contributed by atoms with Gasteiger partial charge in [0.25, 0.3) is 0 Å². The smallest absolute Gasteiger partial charge is 0.408 e. The Bertz CT molecular complexity index is 875. The quantitative estimate of drug-likeness (QED) is 0.206. The van der Waals surface area contributed by atoms with E-state index in [0.29, 0.717) is 0 Å². The molecule has 0 aliphatic rings. The van der Waals surface area contributed by atoms with Crippen molar-refractivity contribution in [2.45, 2.75) is 51.8 Å². The van der Waals surface area contributed by atoms with E-state index in [1.54, 1.807) is 39.8 Å². The zero-order chi connectivity index (χ0) is 26.6. The van der Waals surface area contributed by atoms with Crippen molar-refractivity contribution in [2.75, 3.05) is 32.1 Å². The lowest BCUT2D eigenvalue weighted by molar-refractivity contribution is -0.144. The lowest BCUT2D eigenvalue weighted by Gasteiger charge is -2.34. The van der Waals surface area contributed by atoms with Crippen LogP contribution in [0.4, 0.5) is 4.79 Å². The van der Waals surface area contributed by atoms with Crippen LogP contribution in [0, 0.1) is 0 Å². The maximum Gasteiger partial charge on any atom is 0.408 e. The molecule has 0 bridgehead atoms. The van der Waals surface area contributed by atoms with Crippen molar-refractivity contribution in [2.24, 2.45) is 0 Å². The molecule has 12 heteroatoms. The third-order valence-corrected chi connectivity index (χ3v) is 4.89. The summed E-state index contributed by atoms with van der Waals surface area (Å²) in [5.74, 6) is -2.32. The molecule has 0 fully saturated rings. The first-order valence-corrected chi connectivity index (χ1v) is 11.8. The summed E-state index contributed by atoms with van der Waals surface area (Å²) in [6.07, 6.45) is -0.952. The fraction of sp³-hybridized carbons (Fsp3) is 0.565. The van der Waals surface area contributed by atoms with E-state index >= 15 is 0 Å². The highest BCUT2D eigenvalue weighted by Crippen LogP contribution is 2.29. The number of hydrogen-bond donors (Lipinski definition) is 5. The van der Waals surface area contributed by atoms with E-state index in [0.717, 1.165) is 4.90 Å². The van der Waals surface area contributed by atoms with Crippen molar-refractivity contribution < 1.29 is 38.9 Å². The molecular formula is C23H35N3O8S. The highest BCUT2D eigenvalue weighted by atomic mass is 32.1. The number of phenolic OH excluding ortho intramolecular Hbond substituents is 1. The first kappa shape index (κ1) is 30.0. The van der Waals surface area contributed by atoms with Crippen LogP contribution in [0.5, 0.6) is 5.75 Å². The molecule has 196 valence electrons. The number of carbonyl (C=O) groups excluding carboxylic acids is 4. The molecule has 0 aliphatic carbocycles. The zero-order valence-corrected chi connectivity index (χ0v) is 21.3. The molecule has 35 heavy (non-hydrogen) atoms. The Hall–Kier alpha value is -2.99. The van der Waals surface area contributed by atoms with Crippen molar-refractivity contribution in [3.63, 3.8) is 0 Å². The molecule has 3 amide bonds. The van der Waals surface area contributed by atoms with E-state index in [2.05, 4.69) is 23.3 Å². The molecule has 0 spiro atoms. The lowest BCUT2D eigenvalue weighted by atomic mass is 10.0. The normalized spacial score (nSPS) is 12.7. The van der Waals surface area contributed by atoms with Crippen LogP contribution in [-0.4, -0.2) is 82.7 Å². The van der Waals surface area contributed by atoms with Crippen LogP contribution in [0.15, 0.2) is 24.3 Å². The maximum absolute atomic E-state index is 13.4. The van der Waals surface area contributed by atoms with Crippen LogP contribution in [0.1, 0.15) is 45.7 Å². The summed E-state index contributed by atoms with van der Waals surface area (Å²) < 4.78 is 10.0. The number of aliphatic hydroxyl groups is 1. The van der Waals surface area contributed by atoms with Crippen LogP contribution in [0.3, 0.4) is 0 Å². The lowest BCUT2D eigenvalue weighted by Crippen LogP contribution is -2.54. The van der Waals surface area contributed by atoms with Crippen LogP contribution >= 0.6 is 12.6 Å². The number of rotatable bonds is 12. The minimum Gasteiger partial charge on any atom is -0.508 e. The molecule has 2 unspecified atom stereocenters. The number of carbonyl (C=O) groups is 4. The zero-order valence-electron chi connectivity index (χ0n) is 20.4. The molecule has 1 rings (SSSR count). The molecule has 0 aliphatic heterocycles. The third kappa shape index (κ3) is 10.0. The Morgan fingerprint density at radius 2 is 1.83 bits per heavy atom. The molecule has 0 aromatic heterocycles. The van der Waals surface area contributed by atoms with Gasteiger partial charge in [0.05, 0.1) is 19.6 Å². The summed E-state index contributed by atoms with van der Waals surface area (Å²) in [6.45, 7) is 5.98. The number of para-hydroxylation sites is 1. The Morgan fingerprint density at radius 3 is 2.37 bits per heavy atom. The van der Waals surface area contributed by atoms with E-state index in [4.69, 9.17) is 9.47 Å². The van der Waals surface area contributed by atoms with Crippen LogP contribution in [0.2, 0.25) is 0 Å². The summed E-state index contributed by atoms with van der Waals surface area (Å²) in [5, 5.41) is 25.1. The summed E-state index contributed by atoms with van der Waals surface area (Å²) >= 11 is 4.15. The van der Waals surface area contributed by atoms with E-state index in [9.17, 15) is 29.4 Å². The number of aliphatic hydroxyl groups excluding tert-OH is 1. The van der Waals surface area contributed by atoms with E-state index in [1.807, 2.05) is 0 Å². The number of benzene rings is 1. The molecule has 2 atom stereocenters. The van der Waals surface area contributed by atoms with Crippen molar-refractivity contribution in [1.82, 2.24) is 15.5 Å². The topological polar surface area (TPSA) is 154 Å². The van der Waals surface area contributed by atoms with Crippen molar-refractivity contribution in [3.8, 4) is 5.75 Å². The van der Waals surface area contributed by atoms with Gasteiger partial charge < -0.3 is 35.2 Å². The van der Waals surface area contributed by atoms with Gasteiger partial charge in [-0.1, -0.05) is 18.2 Å². The van der Waals surface area contributed by atoms with Gasteiger partial charge >= 0.3 is 12.1 Å². The Kier molecular flexibility index (Phi) is 12.4. The Morgan fingerprint density at radius 1 is 1.17 bits per heavy atom. The van der Waals surface area contributed by atoms with E-state index in [1.165, 1.54) is 12.1 Å². The number of hydrogen-bond acceptors (Lipinski definition) is 9. The number of phenols is 1. The molecule has 1 aromatic rings. The molecule has 1 aromatic carbocycles. The van der Waals surface area contributed by atoms with E-state index < -0.39 is 48.2 Å². The monoisotopic (exact) mass is 513 g/mol. The number of thiol groups is 1. The number of aromatic hydroxyl groups is 1. The number of ether oxygens (including phenoxy) is 2.